The molecule has 0 spiro atoms. The van der Waals surface area contributed by atoms with Crippen LogP contribution in [0.3, 0.4) is 0 Å². The van der Waals surface area contributed by atoms with Gasteiger partial charge in [-0.1, -0.05) is 11.6 Å². The fourth-order valence-corrected chi connectivity index (χ4v) is 2.04. The molecule has 82 valence electrons. The molecule has 0 saturated heterocycles. The smallest absolute Gasteiger partial charge is 0.143 e. The Bertz CT molecular complexity index is 379. The van der Waals surface area contributed by atoms with E-state index in [4.69, 9.17) is 11.6 Å². The Labute approximate surface area is 94.0 Å². The van der Waals surface area contributed by atoms with Gasteiger partial charge in [-0.3, -0.25) is 0 Å². The number of hydrogen-bond donors (Lipinski definition) is 1. The van der Waals surface area contributed by atoms with Gasteiger partial charge in [0.1, 0.15) is 5.82 Å². The third-order valence-electron chi connectivity index (χ3n) is 2.64. The van der Waals surface area contributed by atoms with Gasteiger partial charge in [0.15, 0.2) is 0 Å². The molecule has 1 aromatic rings. The van der Waals surface area contributed by atoms with Gasteiger partial charge in [-0.15, -0.1) is 0 Å². The summed E-state index contributed by atoms with van der Waals surface area (Å²) < 4.78 is 13.2. The van der Waals surface area contributed by atoms with Crippen molar-refractivity contribution in [3.05, 3.63) is 23.0 Å². The van der Waals surface area contributed by atoms with E-state index in [0.29, 0.717) is 6.04 Å². The van der Waals surface area contributed by atoms with Gasteiger partial charge in [0.2, 0.25) is 0 Å². The van der Waals surface area contributed by atoms with Crippen LogP contribution in [0.1, 0.15) is 13.8 Å². The van der Waals surface area contributed by atoms with Crippen LogP contribution in [0.5, 0.6) is 0 Å². The molecule has 2 rings (SSSR count). The van der Waals surface area contributed by atoms with Crippen molar-refractivity contribution in [2.24, 2.45) is 0 Å². The Hall–Kier alpha value is -0.960. The summed E-state index contributed by atoms with van der Waals surface area (Å²) in [5.41, 5.74) is 1.82. The summed E-state index contributed by atoms with van der Waals surface area (Å²) >= 11 is 5.79. The van der Waals surface area contributed by atoms with Crippen molar-refractivity contribution in [1.82, 2.24) is 0 Å². The summed E-state index contributed by atoms with van der Waals surface area (Å²) in [5, 5.41) is 3.36. The quantitative estimate of drug-likeness (QED) is 0.795. The number of rotatable bonds is 1. The van der Waals surface area contributed by atoms with Gasteiger partial charge in [0.05, 0.1) is 16.4 Å². The third-order valence-corrected chi connectivity index (χ3v) is 2.93. The Morgan fingerprint density at radius 3 is 2.87 bits per heavy atom. The predicted octanol–water partition coefficient (Wildman–Crippen LogP) is 3.12. The predicted molar refractivity (Wildman–Crippen MR) is 62.4 cm³/mol. The molecule has 4 heteroatoms. The summed E-state index contributed by atoms with van der Waals surface area (Å²) in [4.78, 5) is 2.22. The van der Waals surface area contributed by atoms with Crippen LogP contribution in [0.25, 0.3) is 0 Å². The second-order valence-electron chi connectivity index (χ2n) is 4.00. The summed E-state index contributed by atoms with van der Waals surface area (Å²) in [6.45, 7) is 6.00. The van der Waals surface area contributed by atoms with Crippen molar-refractivity contribution >= 4 is 23.0 Å². The molecule has 0 radical (unpaired) electrons. The molecule has 0 fully saturated rings. The van der Waals surface area contributed by atoms with Gasteiger partial charge in [-0.05, 0) is 19.9 Å². The molecule has 0 saturated carbocycles. The molecule has 0 atom stereocenters. The van der Waals surface area contributed by atoms with Crippen molar-refractivity contribution in [1.29, 1.82) is 0 Å². The maximum absolute atomic E-state index is 13.2. The van der Waals surface area contributed by atoms with Crippen LogP contribution in [0.2, 0.25) is 5.02 Å². The molecule has 1 N–H and O–H groups in total. The van der Waals surface area contributed by atoms with Crippen molar-refractivity contribution in [2.45, 2.75) is 19.9 Å². The maximum Gasteiger partial charge on any atom is 0.143 e. The monoisotopic (exact) mass is 228 g/mol. The number of nitrogens with zero attached hydrogens (tertiary/aromatic N) is 1. The fraction of sp³-hybridized carbons (Fsp3) is 0.455. The largest absolute Gasteiger partial charge is 0.382 e. The number of anilines is 2. The zero-order valence-corrected chi connectivity index (χ0v) is 9.61. The van der Waals surface area contributed by atoms with Crippen LogP contribution >= 0.6 is 11.6 Å². The van der Waals surface area contributed by atoms with Crippen molar-refractivity contribution in [3.63, 3.8) is 0 Å². The van der Waals surface area contributed by atoms with Crippen LogP contribution in [-0.4, -0.2) is 19.1 Å². The highest BCUT2D eigenvalue weighted by atomic mass is 35.5. The number of nitrogens with one attached hydrogen (secondary N) is 1. The minimum atomic E-state index is -0.367. The van der Waals surface area contributed by atoms with Crippen LogP contribution in [0, 0.1) is 5.82 Å². The van der Waals surface area contributed by atoms with Crippen molar-refractivity contribution in [2.75, 3.05) is 23.3 Å². The van der Waals surface area contributed by atoms with Crippen molar-refractivity contribution < 1.29 is 4.39 Å². The Kier molecular flexibility index (Phi) is 2.74. The molecular formula is C11H14ClFN2. The van der Waals surface area contributed by atoms with Gasteiger partial charge in [-0.25, -0.2) is 4.39 Å². The molecule has 0 amide bonds. The molecule has 2 nitrogen and oxygen atoms in total. The van der Waals surface area contributed by atoms with E-state index in [0.717, 1.165) is 24.5 Å². The number of halogens is 2. The lowest BCUT2D eigenvalue weighted by atomic mass is 10.1. The second-order valence-corrected chi connectivity index (χ2v) is 4.40. The van der Waals surface area contributed by atoms with E-state index in [9.17, 15) is 4.39 Å². The minimum absolute atomic E-state index is 0.183. The lowest BCUT2D eigenvalue weighted by Gasteiger charge is -2.35. The SMILES string of the molecule is CC(C)N1CCNc2cc(F)c(Cl)cc21. The Morgan fingerprint density at radius 2 is 2.20 bits per heavy atom. The average molecular weight is 229 g/mol. The van der Waals surface area contributed by atoms with Crippen LogP contribution < -0.4 is 10.2 Å². The first-order chi connectivity index (χ1) is 7.09. The molecule has 15 heavy (non-hydrogen) atoms. The van der Waals surface area contributed by atoms with Gasteiger partial charge in [-0.2, -0.15) is 0 Å². The number of hydrogen-bond acceptors (Lipinski definition) is 2. The van der Waals surface area contributed by atoms with E-state index in [2.05, 4.69) is 24.1 Å². The van der Waals surface area contributed by atoms with Gasteiger partial charge < -0.3 is 10.2 Å². The lowest BCUT2D eigenvalue weighted by Crippen LogP contribution is -2.38. The molecule has 1 aromatic carbocycles. The molecule has 0 bridgehead atoms. The highest BCUT2D eigenvalue weighted by Crippen LogP contribution is 2.34. The highest BCUT2D eigenvalue weighted by Gasteiger charge is 2.20. The zero-order valence-electron chi connectivity index (χ0n) is 8.85. The molecule has 1 aliphatic heterocycles. The molecule has 1 aliphatic rings. The van der Waals surface area contributed by atoms with Crippen LogP contribution in [0.15, 0.2) is 12.1 Å². The van der Waals surface area contributed by atoms with Crippen LogP contribution in [-0.2, 0) is 0 Å². The van der Waals surface area contributed by atoms with Gasteiger partial charge >= 0.3 is 0 Å². The molecule has 0 aromatic heterocycles. The maximum atomic E-state index is 13.2. The van der Waals surface area contributed by atoms with E-state index < -0.39 is 0 Å². The van der Waals surface area contributed by atoms with Gasteiger partial charge in [0, 0.05) is 25.2 Å². The second kappa shape index (κ2) is 3.89. The first kappa shape index (κ1) is 10.6. The molecule has 0 aliphatic carbocycles. The van der Waals surface area contributed by atoms with E-state index >= 15 is 0 Å². The first-order valence-electron chi connectivity index (χ1n) is 5.09. The third kappa shape index (κ3) is 1.88. The Balaban J connectivity index is 2.47. The standard InChI is InChI=1S/C11H14ClFN2/c1-7(2)15-4-3-14-10-6-9(13)8(12)5-11(10)15/h5-7,14H,3-4H2,1-2H3. The summed E-state index contributed by atoms with van der Waals surface area (Å²) in [5.74, 6) is -0.367. The van der Waals surface area contributed by atoms with Crippen LogP contribution in [0.4, 0.5) is 15.8 Å². The highest BCUT2D eigenvalue weighted by molar-refractivity contribution is 6.31. The molecular weight excluding hydrogens is 215 g/mol. The lowest BCUT2D eigenvalue weighted by molar-refractivity contribution is 0.625. The van der Waals surface area contributed by atoms with Crippen molar-refractivity contribution in [3.8, 4) is 0 Å². The van der Waals surface area contributed by atoms with E-state index in [-0.39, 0.29) is 10.8 Å². The first-order valence-corrected chi connectivity index (χ1v) is 5.47. The summed E-state index contributed by atoms with van der Waals surface area (Å²) in [7, 11) is 0. The summed E-state index contributed by atoms with van der Waals surface area (Å²) in [6.07, 6.45) is 0. The fourth-order valence-electron chi connectivity index (χ4n) is 1.88. The molecule has 1 heterocycles. The summed E-state index contributed by atoms with van der Waals surface area (Å²) in [6, 6.07) is 3.55. The van der Waals surface area contributed by atoms with E-state index in [1.165, 1.54) is 6.07 Å². The normalized spacial score (nSPS) is 15.1. The number of benzene rings is 1. The zero-order chi connectivity index (χ0) is 11.0. The minimum Gasteiger partial charge on any atom is -0.382 e. The molecule has 0 unspecified atom stereocenters. The number of fused-ring (bicyclic) bond motifs is 1. The topological polar surface area (TPSA) is 15.3 Å². The van der Waals surface area contributed by atoms with Gasteiger partial charge in [0.25, 0.3) is 0 Å². The van der Waals surface area contributed by atoms with E-state index in [1.54, 1.807) is 6.07 Å². The average Bonchev–Trinajstić information content (AvgIpc) is 2.18. The van der Waals surface area contributed by atoms with E-state index in [1.807, 2.05) is 0 Å². The Morgan fingerprint density at radius 1 is 1.47 bits per heavy atom.